The van der Waals surface area contributed by atoms with Gasteiger partial charge in [0.15, 0.2) is 0 Å². The van der Waals surface area contributed by atoms with Crippen LogP contribution in [0.2, 0.25) is 0 Å². The van der Waals surface area contributed by atoms with Crippen LogP contribution in [0.25, 0.3) is 5.69 Å². The number of aromatic nitrogens is 1. The number of fused-ring (bicyclic) bond motifs is 1. The lowest BCUT2D eigenvalue weighted by Gasteiger charge is -2.29. The first-order valence-corrected chi connectivity index (χ1v) is 10.00. The van der Waals surface area contributed by atoms with Gasteiger partial charge in [0.25, 0.3) is 11.5 Å². The minimum absolute atomic E-state index is 0.109. The van der Waals surface area contributed by atoms with E-state index in [0.717, 1.165) is 16.7 Å². The van der Waals surface area contributed by atoms with Gasteiger partial charge in [-0.2, -0.15) is 0 Å². The smallest absolute Gasteiger partial charge is 0.255 e. The van der Waals surface area contributed by atoms with Crippen molar-refractivity contribution >= 4 is 17.5 Å². The molecule has 0 saturated heterocycles. The zero-order chi connectivity index (χ0) is 22.1. The minimum atomic E-state index is -0.369. The summed E-state index contributed by atoms with van der Waals surface area (Å²) in [5.74, 6) is -0.643. The molecule has 0 fully saturated rings. The fraction of sp³-hybridized carbons (Fsp3) is 0.208. The van der Waals surface area contributed by atoms with Crippen LogP contribution in [0.3, 0.4) is 0 Å². The van der Waals surface area contributed by atoms with Crippen LogP contribution in [0.1, 0.15) is 34.0 Å². The highest BCUT2D eigenvalue weighted by molar-refractivity contribution is 5.96. The highest BCUT2D eigenvalue weighted by Gasteiger charge is 2.23. The zero-order valence-electron chi connectivity index (χ0n) is 17.3. The van der Waals surface area contributed by atoms with Gasteiger partial charge in [-0.1, -0.05) is 0 Å². The summed E-state index contributed by atoms with van der Waals surface area (Å²) in [7, 11) is 0. The van der Waals surface area contributed by atoms with Crippen molar-refractivity contribution in [2.75, 3.05) is 11.9 Å². The fourth-order valence-corrected chi connectivity index (χ4v) is 3.81. The number of anilines is 1. The standard InChI is InChI=1S/C24H22FN3O3/c1-15-11-18(3-8-22(15)26-16(2)29)24(31)27-10-9-17-12-23(30)28(14-19(17)13-27)21-6-4-20(25)5-7-21/h3-8,11-12,14H,9-10,13H2,1-2H3,(H,26,29). The number of carbonyl (C=O) groups is 2. The normalized spacial score (nSPS) is 12.9. The second kappa shape index (κ2) is 8.18. The summed E-state index contributed by atoms with van der Waals surface area (Å²) in [5, 5.41) is 2.74. The first-order valence-electron chi connectivity index (χ1n) is 10.00. The Labute approximate surface area is 178 Å². The molecule has 1 aromatic heterocycles. The molecule has 0 aliphatic carbocycles. The summed E-state index contributed by atoms with van der Waals surface area (Å²) >= 11 is 0. The summed E-state index contributed by atoms with van der Waals surface area (Å²) in [6.45, 7) is 4.17. The lowest BCUT2D eigenvalue weighted by Crippen LogP contribution is -2.37. The molecule has 3 aromatic rings. The van der Waals surface area contributed by atoms with Crippen molar-refractivity contribution < 1.29 is 14.0 Å². The first kappa shape index (κ1) is 20.5. The molecule has 158 valence electrons. The van der Waals surface area contributed by atoms with Crippen molar-refractivity contribution in [3.63, 3.8) is 0 Å². The Morgan fingerprint density at radius 2 is 1.77 bits per heavy atom. The maximum Gasteiger partial charge on any atom is 0.255 e. The van der Waals surface area contributed by atoms with Crippen LogP contribution in [0.15, 0.2) is 59.5 Å². The zero-order valence-corrected chi connectivity index (χ0v) is 17.3. The first-order chi connectivity index (χ1) is 14.8. The van der Waals surface area contributed by atoms with Crippen molar-refractivity contribution in [3.8, 4) is 5.69 Å². The fourth-order valence-electron chi connectivity index (χ4n) is 3.81. The van der Waals surface area contributed by atoms with Gasteiger partial charge >= 0.3 is 0 Å². The van der Waals surface area contributed by atoms with Gasteiger partial charge < -0.3 is 10.2 Å². The second-order valence-corrected chi connectivity index (χ2v) is 7.70. The topological polar surface area (TPSA) is 71.4 Å². The summed E-state index contributed by atoms with van der Waals surface area (Å²) < 4.78 is 14.7. The number of aryl methyl sites for hydroxylation is 1. The molecule has 0 spiro atoms. The highest BCUT2D eigenvalue weighted by atomic mass is 19.1. The van der Waals surface area contributed by atoms with Crippen molar-refractivity contribution in [2.45, 2.75) is 26.8 Å². The van der Waals surface area contributed by atoms with Gasteiger partial charge in [-0.25, -0.2) is 4.39 Å². The second-order valence-electron chi connectivity index (χ2n) is 7.70. The van der Waals surface area contributed by atoms with Gasteiger partial charge in [0.05, 0.1) is 0 Å². The van der Waals surface area contributed by atoms with Crippen molar-refractivity contribution in [3.05, 3.63) is 93.2 Å². The largest absolute Gasteiger partial charge is 0.334 e. The third kappa shape index (κ3) is 4.26. The Morgan fingerprint density at radius 1 is 1.03 bits per heavy atom. The number of hydrogen-bond donors (Lipinski definition) is 1. The van der Waals surface area contributed by atoms with Crippen LogP contribution in [0.5, 0.6) is 0 Å². The molecule has 1 aliphatic heterocycles. The summed E-state index contributed by atoms with van der Waals surface area (Å²) in [5.41, 5.74) is 4.22. The lowest BCUT2D eigenvalue weighted by molar-refractivity contribution is -0.114. The van der Waals surface area contributed by atoms with Crippen LogP contribution < -0.4 is 10.9 Å². The Balaban J connectivity index is 1.59. The highest BCUT2D eigenvalue weighted by Crippen LogP contribution is 2.23. The van der Waals surface area contributed by atoms with Crippen LogP contribution in [-0.2, 0) is 17.8 Å². The molecule has 2 heterocycles. The van der Waals surface area contributed by atoms with E-state index in [2.05, 4.69) is 5.32 Å². The quantitative estimate of drug-likeness (QED) is 0.707. The SMILES string of the molecule is CC(=O)Nc1ccc(C(=O)N2CCc3cc(=O)n(-c4ccc(F)cc4)cc3C2)cc1C. The van der Waals surface area contributed by atoms with Crippen molar-refractivity contribution in [1.29, 1.82) is 0 Å². The van der Waals surface area contributed by atoms with Crippen LogP contribution >= 0.6 is 0 Å². The predicted molar refractivity (Wildman–Crippen MR) is 116 cm³/mol. The van der Waals surface area contributed by atoms with E-state index in [4.69, 9.17) is 0 Å². The minimum Gasteiger partial charge on any atom is -0.334 e. The number of benzene rings is 2. The summed E-state index contributed by atoms with van der Waals surface area (Å²) in [6, 6.07) is 12.5. The molecule has 1 N–H and O–H groups in total. The molecule has 0 radical (unpaired) electrons. The number of rotatable bonds is 3. The third-order valence-corrected chi connectivity index (χ3v) is 5.42. The van der Waals surface area contributed by atoms with Crippen LogP contribution in [0, 0.1) is 12.7 Å². The molecule has 0 unspecified atom stereocenters. The van der Waals surface area contributed by atoms with E-state index in [0.29, 0.717) is 36.4 Å². The molecule has 2 amide bonds. The number of halogens is 1. The average molecular weight is 419 g/mol. The van der Waals surface area contributed by atoms with Gasteiger partial charge in [0, 0.05) is 49.2 Å². The molecular weight excluding hydrogens is 397 g/mol. The van der Waals surface area contributed by atoms with Gasteiger partial charge in [0.1, 0.15) is 5.82 Å². The van der Waals surface area contributed by atoms with E-state index in [1.54, 1.807) is 47.5 Å². The van der Waals surface area contributed by atoms with Crippen molar-refractivity contribution in [1.82, 2.24) is 9.47 Å². The number of nitrogens with zero attached hydrogens (tertiary/aromatic N) is 2. The van der Waals surface area contributed by atoms with E-state index in [1.807, 2.05) is 6.92 Å². The molecule has 0 atom stereocenters. The number of carbonyl (C=O) groups excluding carboxylic acids is 2. The molecule has 31 heavy (non-hydrogen) atoms. The molecular formula is C24H22FN3O3. The molecule has 0 saturated carbocycles. The lowest BCUT2D eigenvalue weighted by atomic mass is 10.0. The molecule has 6 nitrogen and oxygen atoms in total. The number of pyridine rings is 1. The van der Waals surface area contributed by atoms with Gasteiger partial charge in [-0.05, 0) is 72.5 Å². The predicted octanol–water partition coefficient (Wildman–Crippen LogP) is 3.44. The Kier molecular flexibility index (Phi) is 5.42. The molecule has 1 aliphatic rings. The van der Waals surface area contributed by atoms with E-state index in [9.17, 15) is 18.8 Å². The van der Waals surface area contributed by atoms with E-state index < -0.39 is 0 Å². The summed E-state index contributed by atoms with van der Waals surface area (Å²) in [6.07, 6.45) is 2.32. The third-order valence-electron chi connectivity index (χ3n) is 5.42. The number of hydrogen-bond acceptors (Lipinski definition) is 3. The summed E-state index contributed by atoms with van der Waals surface area (Å²) in [4.78, 5) is 38.6. The maximum absolute atomic E-state index is 13.2. The number of amides is 2. The Morgan fingerprint density at radius 3 is 2.45 bits per heavy atom. The van der Waals surface area contributed by atoms with Gasteiger partial charge in [-0.3, -0.25) is 19.0 Å². The monoisotopic (exact) mass is 419 g/mol. The molecule has 0 bridgehead atoms. The van der Waals surface area contributed by atoms with Crippen LogP contribution in [0.4, 0.5) is 10.1 Å². The molecule has 2 aromatic carbocycles. The Bertz CT molecular complexity index is 1230. The molecule has 7 heteroatoms. The van der Waals surface area contributed by atoms with E-state index in [1.165, 1.54) is 23.6 Å². The van der Waals surface area contributed by atoms with Crippen molar-refractivity contribution in [2.24, 2.45) is 0 Å². The maximum atomic E-state index is 13.2. The van der Waals surface area contributed by atoms with Crippen LogP contribution in [-0.4, -0.2) is 27.8 Å². The van der Waals surface area contributed by atoms with E-state index >= 15 is 0 Å². The number of nitrogens with one attached hydrogen (secondary N) is 1. The average Bonchev–Trinajstić information content (AvgIpc) is 2.74. The van der Waals surface area contributed by atoms with E-state index in [-0.39, 0.29) is 23.2 Å². The molecule has 4 rings (SSSR count). The Hall–Kier alpha value is -3.74. The van der Waals surface area contributed by atoms with Gasteiger partial charge in [0.2, 0.25) is 5.91 Å². The van der Waals surface area contributed by atoms with Gasteiger partial charge in [-0.15, -0.1) is 0 Å².